The van der Waals surface area contributed by atoms with Crippen molar-refractivity contribution < 1.29 is 9.36 Å². The molecule has 0 aliphatic rings. The molecule has 4 aromatic rings. The molecule has 0 spiro atoms. The number of hydrogen-bond donors (Lipinski definition) is 1. The van der Waals surface area contributed by atoms with Gasteiger partial charge in [0.2, 0.25) is 5.78 Å². The number of nitrogens with two attached hydrogens (primary N) is 1. The van der Waals surface area contributed by atoms with Crippen molar-refractivity contribution in [2.24, 2.45) is 0 Å². The normalized spacial score (nSPS) is 10.9. The van der Waals surface area contributed by atoms with E-state index in [4.69, 9.17) is 17.3 Å². The number of nitrogen functional groups attached to an aromatic ring is 1. The summed E-state index contributed by atoms with van der Waals surface area (Å²) in [5.41, 5.74) is 11.0. The molecule has 31 heavy (non-hydrogen) atoms. The first kappa shape index (κ1) is 21.6. The molecule has 6 heteroatoms. The zero-order valence-corrected chi connectivity index (χ0v) is 19.4. The maximum absolute atomic E-state index is 13.2. The Balaban J connectivity index is 1.69. The van der Waals surface area contributed by atoms with Gasteiger partial charge in [0.25, 0.3) is 5.69 Å². The summed E-state index contributed by atoms with van der Waals surface area (Å²) < 4.78 is 3.06. The van der Waals surface area contributed by atoms with Crippen molar-refractivity contribution in [1.82, 2.24) is 0 Å². The van der Waals surface area contributed by atoms with Gasteiger partial charge in [0.05, 0.1) is 0 Å². The Morgan fingerprint density at radius 3 is 2.52 bits per heavy atom. The summed E-state index contributed by atoms with van der Waals surface area (Å²) in [6.07, 6.45) is 4.96. The number of thiophene rings is 1. The summed E-state index contributed by atoms with van der Waals surface area (Å²) in [4.78, 5) is 13.8. The second kappa shape index (κ2) is 9.69. The number of halogens is 1. The molecular formula is C25H22ClN2OS2+. The lowest BCUT2D eigenvalue weighted by atomic mass is 10.1. The number of pyridine rings is 1. The summed E-state index contributed by atoms with van der Waals surface area (Å²) in [5.74, 6) is 0.821. The monoisotopic (exact) mass is 465 g/mol. The summed E-state index contributed by atoms with van der Waals surface area (Å²) in [7, 11) is 0. The average Bonchev–Trinajstić information content (AvgIpc) is 3.10. The van der Waals surface area contributed by atoms with E-state index in [1.807, 2.05) is 42.1 Å². The van der Waals surface area contributed by atoms with E-state index < -0.39 is 0 Å². The van der Waals surface area contributed by atoms with Crippen molar-refractivity contribution in [1.29, 1.82) is 0 Å². The van der Waals surface area contributed by atoms with Crippen LogP contribution in [0.2, 0.25) is 5.02 Å². The summed E-state index contributed by atoms with van der Waals surface area (Å²) in [6.45, 7) is 2.04. The lowest BCUT2D eigenvalue weighted by molar-refractivity contribution is -0.597. The Kier molecular flexibility index (Phi) is 6.76. The van der Waals surface area contributed by atoms with Crippen LogP contribution in [0.15, 0.2) is 83.3 Å². The van der Waals surface area contributed by atoms with Crippen LogP contribution in [0.5, 0.6) is 0 Å². The van der Waals surface area contributed by atoms with E-state index in [9.17, 15) is 4.79 Å². The van der Waals surface area contributed by atoms with Crippen LogP contribution in [-0.4, -0.2) is 11.5 Å². The van der Waals surface area contributed by atoms with Crippen LogP contribution in [0.25, 0.3) is 5.69 Å². The maximum atomic E-state index is 13.2. The second-order valence-electron chi connectivity index (χ2n) is 7.19. The molecule has 0 aliphatic carbocycles. The van der Waals surface area contributed by atoms with Gasteiger partial charge in [-0.3, -0.25) is 4.79 Å². The molecule has 2 aromatic carbocycles. The highest BCUT2D eigenvalue weighted by Crippen LogP contribution is 2.40. The van der Waals surface area contributed by atoms with Crippen LogP contribution in [0, 0.1) is 6.92 Å². The number of benzene rings is 2. The molecule has 2 N–H and O–H groups in total. The van der Waals surface area contributed by atoms with E-state index in [1.54, 1.807) is 36.0 Å². The van der Waals surface area contributed by atoms with Crippen LogP contribution < -0.4 is 10.3 Å². The Bertz CT molecular complexity index is 1200. The first-order valence-electron chi connectivity index (χ1n) is 9.90. The molecule has 0 aliphatic heterocycles. The number of aromatic nitrogens is 1. The molecule has 2 aromatic heterocycles. The van der Waals surface area contributed by atoms with E-state index in [0.29, 0.717) is 21.2 Å². The third kappa shape index (κ3) is 5.01. The zero-order valence-electron chi connectivity index (χ0n) is 17.0. The van der Waals surface area contributed by atoms with Gasteiger partial charge < -0.3 is 5.73 Å². The molecule has 0 saturated carbocycles. The van der Waals surface area contributed by atoms with Gasteiger partial charge in [0.1, 0.15) is 14.8 Å². The molecule has 0 atom stereocenters. The van der Waals surface area contributed by atoms with E-state index >= 15 is 0 Å². The van der Waals surface area contributed by atoms with Crippen LogP contribution in [0.4, 0.5) is 5.69 Å². The fraction of sp³-hybridized carbons (Fsp3) is 0.120. The summed E-state index contributed by atoms with van der Waals surface area (Å²) in [5, 5.41) is 0.601. The van der Waals surface area contributed by atoms with Gasteiger partial charge in [-0.15, -0.1) is 23.1 Å². The van der Waals surface area contributed by atoms with Crippen LogP contribution in [0.3, 0.4) is 0 Å². The molecule has 0 radical (unpaired) electrons. The Hall–Kier alpha value is -2.60. The molecule has 0 unspecified atom stereocenters. The molecule has 4 rings (SSSR count). The molecule has 156 valence electrons. The molecule has 2 heterocycles. The third-order valence-electron chi connectivity index (χ3n) is 4.87. The molecule has 3 nitrogen and oxygen atoms in total. The topological polar surface area (TPSA) is 47.0 Å². The number of thioether (sulfide) groups is 1. The Morgan fingerprint density at radius 1 is 1.06 bits per heavy atom. The van der Waals surface area contributed by atoms with Crippen molar-refractivity contribution in [3.05, 3.63) is 106 Å². The number of anilines is 1. The fourth-order valence-electron chi connectivity index (χ4n) is 3.30. The number of ketones is 1. The highest BCUT2D eigenvalue weighted by atomic mass is 35.5. The summed E-state index contributed by atoms with van der Waals surface area (Å²) >= 11 is 9.19. The predicted molar refractivity (Wildman–Crippen MR) is 131 cm³/mol. The van der Waals surface area contributed by atoms with Crippen LogP contribution in [0.1, 0.15) is 26.4 Å². The van der Waals surface area contributed by atoms with E-state index in [-0.39, 0.29) is 5.78 Å². The van der Waals surface area contributed by atoms with Crippen LogP contribution in [-0.2, 0) is 6.42 Å². The predicted octanol–water partition coefficient (Wildman–Crippen LogP) is 6.13. The van der Waals surface area contributed by atoms with Crippen LogP contribution >= 0.6 is 34.7 Å². The Morgan fingerprint density at radius 2 is 1.81 bits per heavy atom. The quantitative estimate of drug-likeness (QED) is 0.203. The van der Waals surface area contributed by atoms with Crippen molar-refractivity contribution in [3.63, 3.8) is 0 Å². The van der Waals surface area contributed by atoms with E-state index in [1.165, 1.54) is 16.9 Å². The minimum atomic E-state index is -0.0800. The lowest BCUT2D eigenvalue weighted by Gasteiger charge is -2.02. The molecule has 0 amide bonds. The maximum Gasteiger partial charge on any atom is 0.259 e. The third-order valence-corrected chi connectivity index (χ3v) is 7.58. The highest BCUT2D eigenvalue weighted by molar-refractivity contribution is 8.01. The first-order chi connectivity index (χ1) is 15.0. The standard InChI is InChI=1S/C25H21ClN2OS2/c1-17-6-5-14-28(16-17)22-21(27)24(23(29)19-9-11-20(26)12-10-19)31-25(22)30-15-13-18-7-3-2-4-8-18/h2-12,14,16H,13,15H2,1H3,(H-,27,29)/p+1. The largest absolute Gasteiger partial charge is 0.392 e. The number of rotatable bonds is 7. The first-order valence-corrected chi connectivity index (χ1v) is 12.1. The van der Waals surface area contributed by atoms with E-state index in [0.717, 1.165) is 27.6 Å². The van der Waals surface area contributed by atoms with Crippen molar-refractivity contribution in [2.45, 2.75) is 17.6 Å². The van der Waals surface area contributed by atoms with Gasteiger partial charge in [-0.2, -0.15) is 4.57 Å². The number of hydrogen-bond acceptors (Lipinski definition) is 4. The summed E-state index contributed by atoms with van der Waals surface area (Å²) in [6, 6.07) is 21.4. The molecular weight excluding hydrogens is 444 g/mol. The minimum Gasteiger partial charge on any atom is -0.392 e. The van der Waals surface area contributed by atoms with Gasteiger partial charge in [-0.1, -0.05) is 41.9 Å². The average molecular weight is 466 g/mol. The number of carbonyl (C=O) groups is 1. The van der Waals surface area contributed by atoms with Crippen molar-refractivity contribution in [3.8, 4) is 5.69 Å². The fourth-order valence-corrected chi connectivity index (χ4v) is 5.95. The Labute approximate surface area is 195 Å². The molecule has 0 bridgehead atoms. The van der Waals surface area contributed by atoms with Gasteiger partial charge in [0.15, 0.2) is 12.4 Å². The zero-order chi connectivity index (χ0) is 21.8. The number of aryl methyl sites for hydroxylation is 2. The number of nitrogens with zero attached hydrogens (tertiary/aromatic N) is 1. The highest BCUT2D eigenvalue weighted by Gasteiger charge is 2.28. The molecule has 0 saturated heterocycles. The van der Waals surface area contributed by atoms with Crippen molar-refractivity contribution in [2.75, 3.05) is 11.5 Å². The molecule has 0 fully saturated rings. The van der Waals surface area contributed by atoms with Gasteiger partial charge in [-0.05, 0) is 49.2 Å². The second-order valence-corrected chi connectivity index (χ2v) is 10.0. The lowest BCUT2D eigenvalue weighted by Crippen LogP contribution is -2.31. The van der Waals surface area contributed by atoms with Gasteiger partial charge in [-0.25, -0.2) is 0 Å². The van der Waals surface area contributed by atoms with Crippen molar-refractivity contribution >= 4 is 46.2 Å². The number of carbonyl (C=O) groups excluding carboxylic acids is 1. The van der Waals surface area contributed by atoms with Gasteiger partial charge >= 0.3 is 0 Å². The SMILES string of the molecule is Cc1ccc[n+](-c2c(SCCc3ccccc3)sc(C(=O)c3ccc(Cl)cc3)c2N)c1. The van der Waals surface area contributed by atoms with Gasteiger partial charge in [0, 0.05) is 28.0 Å². The van der Waals surface area contributed by atoms with E-state index in [2.05, 4.69) is 24.3 Å². The minimum absolute atomic E-state index is 0.0800. The smallest absolute Gasteiger partial charge is 0.259 e.